The summed E-state index contributed by atoms with van der Waals surface area (Å²) < 4.78 is 0. The Bertz CT molecular complexity index is 1270. The van der Waals surface area contributed by atoms with E-state index in [9.17, 15) is 15.1 Å². The molecule has 0 fully saturated rings. The summed E-state index contributed by atoms with van der Waals surface area (Å²) in [5.74, 6) is -0.800. The summed E-state index contributed by atoms with van der Waals surface area (Å²) in [6.07, 6.45) is 3.45. The second kappa shape index (κ2) is 10.2. The van der Waals surface area contributed by atoms with Gasteiger partial charge in [-0.1, -0.05) is 12.1 Å². The minimum absolute atomic E-state index is 0.0261. The van der Waals surface area contributed by atoms with Crippen LogP contribution in [0.1, 0.15) is 11.4 Å². The number of aromatic hydroxyl groups is 2. The second-order valence-electron chi connectivity index (χ2n) is 7.37. The third-order valence-electron chi connectivity index (χ3n) is 4.93. The van der Waals surface area contributed by atoms with Gasteiger partial charge >= 0.3 is 0 Å². The van der Waals surface area contributed by atoms with E-state index in [0.29, 0.717) is 30.2 Å². The molecule has 0 radical (unpaired) electrons. The first-order valence-corrected chi connectivity index (χ1v) is 10.3. The van der Waals surface area contributed by atoms with Crippen LogP contribution in [0, 0.1) is 4.91 Å². The van der Waals surface area contributed by atoms with E-state index in [0.717, 1.165) is 23.5 Å². The van der Waals surface area contributed by atoms with Crippen LogP contribution in [0.25, 0.3) is 0 Å². The minimum atomic E-state index is -0.451. The fourth-order valence-corrected chi connectivity index (χ4v) is 3.30. The molecule has 0 bridgehead atoms. The first kappa shape index (κ1) is 22.3. The van der Waals surface area contributed by atoms with Crippen molar-refractivity contribution in [2.45, 2.75) is 13.1 Å². The molecule has 10 nitrogen and oxygen atoms in total. The van der Waals surface area contributed by atoms with Gasteiger partial charge < -0.3 is 20.8 Å². The molecular formula is C24H21N7O3. The Morgan fingerprint density at radius 2 is 1.38 bits per heavy atom. The smallest absolute Gasteiger partial charge is 0.152 e. The van der Waals surface area contributed by atoms with Crippen molar-refractivity contribution in [3.8, 4) is 11.5 Å². The zero-order valence-corrected chi connectivity index (χ0v) is 18.0. The summed E-state index contributed by atoms with van der Waals surface area (Å²) in [6.45, 7) is 0.932. The summed E-state index contributed by atoms with van der Waals surface area (Å²) in [7, 11) is 0. The number of hydrogen-bond acceptors (Lipinski definition) is 10. The van der Waals surface area contributed by atoms with E-state index >= 15 is 0 Å². The Balaban J connectivity index is 1.74. The topological polar surface area (TPSA) is 150 Å². The molecule has 10 heteroatoms. The lowest BCUT2D eigenvalue weighted by Crippen LogP contribution is -2.23. The maximum absolute atomic E-state index is 10.9. The number of nitrogens with two attached hydrogens (primary N) is 1. The SMILES string of the molecule is Nc1ccc(N(Cc2ccccn2)Cc2ccccn2)c(N=Nc2cc(N=O)c(O)cc2O)c1. The average molecular weight is 455 g/mol. The summed E-state index contributed by atoms with van der Waals surface area (Å²) in [5.41, 5.74) is 9.03. The molecule has 0 aliphatic heterocycles. The molecular weight excluding hydrogens is 434 g/mol. The number of azo groups is 1. The monoisotopic (exact) mass is 455 g/mol. The Morgan fingerprint density at radius 3 is 1.97 bits per heavy atom. The number of nitrogens with zero attached hydrogens (tertiary/aromatic N) is 6. The minimum Gasteiger partial charge on any atom is -0.505 e. The molecule has 0 saturated carbocycles. The maximum atomic E-state index is 10.9. The first-order chi connectivity index (χ1) is 16.5. The lowest BCUT2D eigenvalue weighted by Gasteiger charge is -2.25. The normalized spacial score (nSPS) is 10.9. The van der Waals surface area contributed by atoms with Crippen LogP contribution in [-0.2, 0) is 13.1 Å². The van der Waals surface area contributed by atoms with Crippen LogP contribution in [0.15, 0.2) is 94.5 Å². The van der Waals surface area contributed by atoms with Crippen LogP contribution >= 0.6 is 0 Å². The number of hydrogen-bond donors (Lipinski definition) is 3. The molecule has 0 unspecified atom stereocenters. The van der Waals surface area contributed by atoms with Crippen LogP contribution in [0.4, 0.5) is 28.4 Å². The van der Waals surface area contributed by atoms with Gasteiger partial charge in [-0.05, 0) is 47.6 Å². The van der Waals surface area contributed by atoms with Crippen molar-refractivity contribution in [1.29, 1.82) is 0 Å². The summed E-state index contributed by atoms with van der Waals surface area (Å²) in [5, 5.41) is 30.9. The number of nitroso groups, excluding NO2 is 1. The molecule has 2 aromatic heterocycles. The molecule has 0 aliphatic carbocycles. The van der Waals surface area contributed by atoms with Crippen molar-refractivity contribution in [3.63, 3.8) is 0 Å². The number of nitrogen functional groups attached to an aromatic ring is 1. The highest BCUT2D eigenvalue weighted by Crippen LogP contribution is 2.40. The zero-order chi connectivity index (χ0) is 23.9. The van der Waals surface area contributed by atoms with Gasteiger partial charge in [0.2, 0.25) is 0 Å². The van der Waals surface area contributed by atoms with Gasteiger partial charge in [0.15, 0.2) is 5.69 Å². The molecule has 2 aromatic carbocycles. The van der Waals surface area contributed by atoms with Gasteiger partial charge in [-0.3, -0.25) is 9.97 Å². The van der Waals surface area contributed by atoms with Crippen molar-refractivity contribution in [2.24, 2.45) is 15.4 Å². The molecule has 2 heterocycles. The van der Waals surface area contributed by atoms with E-state index in [2.05, 4.69) is 25.4 Å². The molecule has 4 N–H and O–H groups in total. The lowest BCUT2D eigenvalue weighted by atomic mass is 10.2. The third kappa shape index (κ3) is 5.30. The van der Waals surface area contributed by atoms with E-state index in [1.807, 2.05) is 47.4 Å². The summed E-state index contributed by atoms with van der Waals surface area (Å²) in [4.78, 5) is 21.8. The predicted octanol–water partition coefficient (Wildman–Crippen LogP) is 5.49. The highest BCUT2D eigenvalue weighted by Gasteiger charge is 2.15. The molecule has 0 spiro atoms. The van der Waals surface area contributed by atoms with E-state index in [-0.39, 0.29) is 17.1 Å². The largest absolute Gasteiger partial charge is 0.505 e. The first-order valence-electron chi connectivity index (χ1n) is 10.3. The maximum Gasteiger partial charge on any atom is 0.152 e. The van der Waals surface area contributed by atoms with Gasteiger partial charge in [-0.25, -0.2) is 0 Å². The van der Waals surface area contributed by atoms with E-state index in [4.69, 9.17) is 5.73 Å². The molecule has 0 atom stereocenters. The Morgan fingerprint density at radius 1 is 0.765 bits per heavy atom. The molecule has 34 heavy (non-hydrogen) atoms. The van der Waals surface area contributed by atoms with Crippen LogP contribution in [0.5, 0.6) is 11.5 Å². The fourth-order valence-electron chi connectivity index (χ4n) is 3.30. The summed E-state index contributed by atoms with van der Waals surface area (Å²) >= 11 is 0. The Labute approximate surface area is 195 Å². The number of aromatic nitrogens is 2. The van der Waals surface area contributed by atoms with Gasteiger partial charge in [0.25, 0.3) is 0 Å². The van der Waals surface area contributed by atoms with E-state index < -0.39 is 5.75 Å². The molecule has 4 rings (SSSR count). The van der Waals surface area contributed by atoms with Gasteiger partial charge in [0.1, 0.15) is 22.9 Å². The predicted molar refractivity (Wildman–Crippen MR) is 129 cm³/mol. The zero-order valence-electron chi connectivity index (χ0n) is 18.0. The van der Waals surface area contributed by atoms with Crippen LogP contribution < -0.4 is 10.6 Å². The Kier molecular flexibility index (Phi) is 6.68. The van der Waals surface area contributed by atoms with Gasteiger partial charge in [-0.15, -0.1) is 15.1 Å². The number of rotatable bonds is 8. The third-order valence-corrected chi connectivity index (χ3v) is 4.93. The van der Waals surface area contributed by atoms with Crippen LogP contribution in [0.3, 0.4) is 0 Å². The van der Waals surface area contributed by atoms with Crippen molar-refractivity contribution >= 4 is 28.4 Å². The van der Waals surface area contributed by atoms with Crippen molar-refractivity contribution < 1.29 is 10.2 Å². The van der Waals surface area contributed by atoms with E-state index in [1.165, 1.54) is 0 Å². The molecule has 0 amide bonds. The highest BCUT2D eigenvalue weighted by atomic mass is 16.3. The number of phenols is 2. The fraction of sp³-hybridized carbons (Fsp3) is 0.0833. The number of benzene rings is 2. The number of anilines is 2. The molecule has 0 saturated heterocycles. The standard InChI is InChI=1S/C24H21N7O3/c25-16-7-8-22(19(11-16)28-29-20-12-21(30-34)24(33)13-23(20)32)31(14-17-5-1-3-9-26-17)15-18-6-2-4-10-27-18/h1-13,32-33H,14-15,25H2. The van der Waals surface area contributed by atoms with Gasteiger partial charge in [-0.2, -0.15) is 0 Å². The second-order valence-corrected chi connectivity index (χ2v) is 7.37. The van der Waals surface area contributed by atoms with Crippen molar-refractivity contribution in [1.82, 2.24) is 9.97 Å². The van der Waals surface area contributed by atoms with Gasteiger partial charge in [0.05, 0.1) is 30.2 Å². The number of phenolic OH excluding ortho intramolecular Hbond substituents is 2. The quantitative estimate of drug-likeness (QED) is 0.181. The van der Waals surface area contributed by atoms with Gasteiger partial charge in [0, 0.05) is 30.2 Å². The van der Waals surface area contributed by atoms with Crippen molar-refractivity contribution in [2.75, 3.05) is 10.6 Å². The van der Waals surface area contributed by atoms with Crippen LogP contribution in [0.2, 0.25) is 0 Å². The van der Waals surface area contributed by atoms with Crippen LogP contribution in [-0.4, -0.2) is 20.2 Å². The number of pyridine rings is 2. The highest BCUT2D eigenvalue weighted by molar-refractivity contribution is 5.72. The average Bonchev–Trinajstić information content (AvgIpc) is 2.84. The molecule has 170 valence electrons. The summed E-state index contributed by atoms with van der Waals surface area (Å²) in [6, 6.07) is 18.7. The Hall–Kier alpha value is -4.86. The van der Waals surface area contributed by atoms with E-state index in [1.54, 1.807) is 24.5 Å². The molecule has 0 aliphatic rings. The molecule has 4 aromatic rings. The van der Waals surface area contributed by atoms with Crippen molar-refractivity contribution in [3.05, 3.63) is 95.4 Å². The lowest BCUT2D eigenvalue weighted by molar-refractivity contribution is 0.452.